The summed E-state index contributed by atoms with van der Waals surface area (Å²) in [6, 6.07) is 0.973. The molecule has 0 aromatic heterocycles. The Morgan fingerprint density at radius 1 is 1.23 bits per heavy atom. The van der Waals surface area contributed by atoms with Gasteiger partial charge < -0.3 is 10.6 Å². The molecule has 13 heavy (non-hydrogen) atoms. The zero-order valence-electron chi connectivity index (χ0n) is 8.54. The summed E-state index contributed by atoms with van der Waals surface area (Å²) in [6.45, 7) is 3.61. The maximum absolute atomic E-state index is 5.54. The Morgan fingerprint density at radius 3 is 2.77 bits per heavy atom. The fourth-order valence-corrected chi connectivity index (χ4v) is 2.51. The van der Waals surface area contributed by atoms with E-state index in [1.807, 2.05) is 0 Å². The number of hydrogen-bond donors (Lipinski definition) is 1. The van der Waals surface area contributed by atoms with E-state index < -0.39 is 0 Å². The van der Waals surface area contributed by atoms with Gasteiger partial charge in [0.25, 0.3) is 0 Å². The zero-order chi connectivity index (χ0) is 9.10. The van der Waals surface area contributed by atoms with Crippen molar-refractivity contribution in [2.45, 2.75) is 44.6 Å². The fourth-order valence-electron chi connectivity index (χ4n) is 2.51. The van der Waals surface area contributed by atoms with Crippen LogP contribution < -0.4 is 5.73 Å². The normalized spacial score (nSPS) is 30.7. The van der Waals surface area contributed by atoms with Gasteiger partial charge in [-0.1, -0.05) is 0 Å². The summed E-state index contributed by atoms with van der Waals surface area (Å²) in [7, 11) is 0. The van der Waals surface area contributed by atoms with Gasteiger partial charge in [-0.25, -0.2) is 0 Å². The highest BCUT2D eigenvalue weighted by Gasteiger charge is 2.31. The summed E-state index contributed by atoms with van der Waals surface area (Å²) < 4.78 is 0. The molecule has 76 valence electrons. The molecule has 2 N–H and O–H groups in total. The molecule has 2 fully saturated rings. The lowest BCUT2D eigenvalue weighted by atomic mass is 9.93. The van der Waals surface area contributed by atoms with Crippen molar-refractivity contribution in [2.75, 3.05) is 19.6 Å². The van der Waals surface area contributed by atoms with Crippen LogP contribution in [0.5, 0.6) is 0 Å². The van der Waals surface area contributed by atoms with Gasteiger partial charge in [0.05, 0.1) is 0 Å². The van der Waals surface area contributed by atoms with Gasteiger partial charge in [-0.2, -0.15) is 0 Å². The lowest BCUT2D eigenvalue weighted by Gasteiger charge is -2.32. The number of nitrogens with zero attached hydrogens (tertiary/aromatic N) is 1. The number of likely N-dealkylation sites (tertiary alicyclic amines) is 1. The van der Waals surface area contributed by atoms with Crippen molar-refractivity contribution in [3.8, 4) is 0 Å². The second-order valence-electron chi connectivity index (χ2n) is 4.67. The van der Waals surface area contributed by atoms with E-state index in [1.54, 1.807) is 0 Å². The molecule has 1 aliphatic carbocycles. The van der Waals surface area contributed by atoms with E-state index in [0.717, 1.165) is 18.5 Å². The van der Waals surface area contributed by atoms with Crippen LogP contribution in [0.4, 0.5) is 0 Å². The predicted octanol–water partition coefficient (Wildman–Crippen LogP) is 1.60. The van der Waals surface area contributed by atoms with Crippen LogP contribution in [0.2, 0.25) is 0 Å². The first kappa shape index (κ1) is 9.47. The summed E-state index contributed by atoms with van der Waals surface area (Å²) in [5.74, 6) is 0.956. The summed E-state index contributed by atoms with van der Waals surface area (Å²) in [6.07, 6.45) is 8.38. The zero-order valence-corrected chi connectivity index (χ0v) is 8.54. The highest BCUT2D eigenvalue weighted by Crippen LogP contribution is 2.31. The average molecular weight is 182 g/mol. The van der Waals surface area contributed by atoms with E-state index in [-0.39, 0.29) is 0 Å². The van der Waals surface area contributed by atoms with Crippen molar-refractivity contribution in [3.05, 3.63) is 0 Å². The summed E-state index contributed by atoms with van der Waals surface area (Å²) in [4.78, 5) is 2.71. The topological polar surface area (TPSA) is 29.3 Å². The third-order valence-corrected chi connectivity index (χ3v) is 3.43. The monoisotopic (exact) mass is 182 g/mol. The fraction of sp³-hybridized carbons (Fsp3) is 1.00. The molecule has 1 aliphatic heterocycles. The highest BCUT2D eigenvalue weighted by atomic mass is 15.2. The molecule has 0 bridgehead atoms. The molecular weight excluding hydrogens is 160 g/mol. The van der Waals surface area contributed by atoms with E-state index in [1.165, 1.54) is 51.6 Å². The van der Waals surface area contributed by atoms with Gasteiger partial charge >= 0.3 is 0 Å². The molecule has 2 rings (SSSR count). The van der Waals surface area contributed by atoms with Crippen LogP contribution in [-0.4, -0.2) is 30.6 Å². The molecule has 0 spiro atoms. The second-order valence-corrected chi connectivity index (χ2v) is 4.67. The number of nitrogens with two attached hydrogens (primary N) is 1. The average Bonchev–Trinajstić information content (AvgIpc) is 2.98. The molecule has 0 amide bonds. The van der Waals surface area contributed by atoms with Gasteiger partial charge in [-0.15, -0.1) is 0 Å². The molecule has 0 radical (unpaired) electrons. The molecule has 1 saturated heterocycles. The second kappa shape index (κ2) is 4.43. The van der Waals surface area contributed by atoms with Crippen molar-refractivity contribution in [2.24, 2.45) is 11.7 Å². The third-order valence-electron chi connectivity index (χ3n) is 3.43. The first-order valence-electron chi connectivity index (χ1n) is 5.84. The van der Waals surface area contributed by atoms with E-state index in [9.17, 15) is 0 Å². The van der Waals surface area contributed by atoms with Crippen LogP contribution in [-0.2, 0) is 0 Å². The molecule has 0 aromatic carbocycles. The number of piperidine rings is 1. The summed E-state index contributed by atoms with van der Waals surface area (Å²) in [5.41, 5.74) is 5.54. The highest BCUT2D eigenvalue weighted by molar-refractivity contribution is 4.87. The van der Waals surface area contributed by atoms with E-state index in [4.69, 9.17) is 5.73 Å². The van der Waals surface area contributed by atoms with Gasteiger partial charge in [0.2, 0.25) is 0 Å². The van der Waals surface area contributed by atoms with E-state index in [0.29, 0.717) is 0 Å². The van der Waals surface area contributed by atoms with Gasteiger partial charge in [-0.3, -0.25) is 0 Å². The quantitative estimate of drug-likeness (QED) is 0.715. The molecule has 1 saturated carbocycles. The molecule has 2 aliphatic rings. The van der Waals surface area contributed by atoms with Crippen LogP contribution in [0.3, 0.4) is 0 Å². The maximum atomic E-state index is 5.54. The minimum atomic E-state index is 0.875. The molecule has 2 nitrogen and oxygen atoms in total. The summed E-state index contributed by atoms with van der Waals surface area (Å²) >= 11 is 0. The Balaban J connectivity index is 1.71. The molecule has 0 aromatic rings. The summed E-state index contributed by atoms with van der Waals surface area (Å²) in [5, 5.41) is 0. The standard InChI is InChI=1S/C11H22N2/c12-7-1-3-10-4-2-8-13(9-10)11-5-6-11/h10-11H,1-9,12H2. The van der Waals surface area contributed by atoms with Crippen LogP contribution >= 0.6 is 0 Å². The van der Waals surface area contributed by atoms with Crippen LogP contribution in [0.25, 0.3) is 0 Å². The number of rotatable bonds is 4. The first-order valence-corrected chi connectivity index (χ1v) is 5.84. The van der Waals surface area contributed by atoms with Crippen molar-refractivity contribution in [1.29, 1.82) is 0 Å². The third kappa shape index (κ3) is 2.68. The molecule has 1 atom stereocenters. The largest absolute Gasteiger partial charge is 0.330 e. The van der Waals surface area contributed by atoms with Crippen LogP contribution in [0.15, 0.2) is 0 Å². The maximum Gasteiger partial charge on any atom is 0.00965 e. The lowest BCUT2D eigenvalue weighted by Crippen LogP contribution is -2.37. The van der Waals surface area contributed by atoms with Crippen molar-refractivity contribution in [1.82, 2.24) is 4.90 Å². The minimum absolute atomic E-state index is 0.875. The van der Waals surface area contributed by atoms with Crippen molar-refractivity contribution in [3.63, 3.8) is 0 Å². The Bertz CT molecular complexity index is 154. The molecule has 1 heterocycles. The van der Waals surface area contributed by atoms with Crippen LogP contribution in [0, 0.1) is 5.92 Å². The van der Waals surface area contributed by atoms with Crippen molar-refractivity contribution < 1.29 is 0 Å². The number of hydrogen-bond acceptors (Lipinski definition) is 2. The van der Waals surface area contributed by atoms with Gasteiger partial charge in [0.1, 0.15) is 0 Å². The van der Waals surface area contributed by atoms with E-state index in [2.05, 4.69) is 4.90 Å². The minimum Gasteiger partial charge on any atom is -0.330 e. The Kier molecular flexibility index (Phi) is 3.23. The Morgan fingerprint density at radius 2 is 2.08 bits per heavy atom. The van der Waals surface area contributed by atoms with Gasteiger partial charge in [-0.05, 0) is 57.5 Å². The smallest absolute Gasteiger partial charge is 0.00965 e. The predicted molar refractivity (Wildman–Crippen MR) is 55.6 cm³/mol. The van der Waals surface area contributed by atoms with E-state index >= 15 is 0 Å². The first-order chi connectivity index (χ1) is 6.40. The molecule has 1 unspecified atom stereocenters. The van der Waals surface area contributed by atoms with Crippen molar-refractivity contribution >= 4 is 0 Å². The lowest BCUT2D eigenvalue weighted by molar-refractivity contribution is 0.160. The Labute approximate surface area is 81.5 Å². The SMILES string of the molecule is NCCCC1CCCN(C2CC2)C1. The molecular formula is C11H22N2. The van der Waals surface area contributed by atoms with Crippen LogP contribution in [0.1, 0.15) is 38.5 Å². The molecule has 2 heteroatoms. The van der Waals surface area contributed by atoms with Gasteiger partial charge in [0, 0.05) is 12.6 Å². The van der Waals surface area contributed by atoms with Gasteiger partial charge in [0.15, 0.2) is 0 Å². The Hall–Kier alpha value is -0.0800.